The molecule has 1 N–H and O–H groups in total. The highest BCUT2D eigenvalue weighted by Crippen LogP contribution is 2.34. The minimum Gasteiger partial charge on any atom is -0.493 e. The van der Waals surface area contributed by atoms with E-state index in [0.29, 0.717) is 6.61 Å². The maximum absolute atomic E-state index is 6.05. The number of ether oxygens (including phenoxy) is 2. The molecule has 0 saturated heterocycles. The van der Waals surface area contributed by atoms with Crippen molar-refractivity contribution in [3.63, 3.8) is 0 Å². The summed E-state index contributed by atoms with van der Waals surface area (Å²) in [4.78, 5) is 0. The van der Waals surface area contributed by atoms with E-state index in [1.165, 1.54) is 42.4 Å². The summed E-state index contributed by atoms with van der Waals surface area (Å²) < 4.78 is 12.7. The first-order valence-corrected chi connectivity index (χ1v) is 10.9. The second kappa shape index (κ2) is 10.7. The van der Waals surface area contributed by atoms with Gasteiger partial charge in [0.15, 0.2) is 11.5 Å². The number of rotatable bonds is 9. The van der Waals surface area contributed by atoms with E-state index in [4.69, 9.17) is 9.47 Å². The number of halogens is 1. The molecule has 3 rings (SSSR count). The zero-order valence-corrected chi connectivity index (χ0v) is 18.5. The molecule has 0 unspecified atom stereocenters. The van der Waals surface area contributed by atoms with Crippen LogP contribution in [0.5, 0.6) is 11.5 Å². The number of benzene rings is 2. The molecule has 0 spiro atoms. The Kier molecular flexibility index (Phi) is 7.99. The lowest BCUT2D eigenvalue weighted by Crippen LogP contribution is -2.16. The fourth-order valence-corrected chi connectivity index (χ4v) is 3.98. The molecule has 0 aliphatic heterocycles. The zero-order valence-electron chi connectivity index (χ0n) is 16.9. The van der Waals surface area contributed by atoms with E-state index in [1.54, 1.807) is 12.7 Å². The minimum absolute atomic E-state index is 0.530. The third-order valence-corrected chi connectivity index (χ3v) is 6.04. The second-order valence-electron chi connectivity index (χ2n) is 7.34. The molecule has 0 amide bonds. The van der Waals surface area contributed by atoms with Gasteiger partial charge in [-0.3, -0.25) is 0 Å². The molecular formula is C24H30BrNO2. The highest BCUT2D eigenvalue weighted by molar-refractivity contribution is 9.10. The molecule has 2 aromatic carbocycles. The van der Waals surface area contributed by atoms with Gasteiger partial charge in [-0.1, -0.05) is 51.8 Å². The van der Waals surface area contributed by atoms with Crippen LogP contribution < -0.4 is 14.8 Å². The summed E-state index contributed by atoms with van der Waals surface area (Å²) in [5, 5.41) is 3.56. The van der Waals surface area contributed by atoms with Crippen molar-refractivity contribution in [3.8, 4) is 11.5 Å². The SMILES string of the molecule is COc1cc(CNCCC2=CCCCC2)c(Br)cc1OCc1ccccc1C. The van der Waals surface area contributed by atoms with Gasteiger partial charge in [0.05, 0.1) is 7.11 Å². The van der Waals surface area contributed by atoms with Crippen LogP contribution in [-0.2, 0) is 13.2 Å². The number of aryl methyl sites for hydroxylation is 1. The summed E-state index contributed by atoms with van der Waals surface area (Å²) in [5.41, 5.74) is 5.20. The van der Waals surface area contributed by atoms with Crippen LogP contribution in [0.3, 0.4) is 0 Å². The number of hydrogen-bond donors (Lipinski definition) is 1. The van der Waals surface area contributed by atoms with Crippen LogP contribution in [0.1, 0.15) is 48.8 Å². The summed E-state index contributed by atoms with van der Waals surface area (Å²) >= 11 is 3.69. The molecule has 0 atom stereocenters. The van der Waals surface area contributed by atoms with E-state index < -0.39 is 0 Å². The van der Waals surface area contributed by atoms with Crippen molar-refractivity contribution in [2.45, 2.75) is 52.2 Å². The molecule has 3 nitrogen and oxygen atoms in total. The van der Waals surface area contributed by atoms with E-state index in [1.807, 2.05) is 18.2 Å². The number of methoxy groups -OCH3 is 1. The first-order valence-electron chi connectivity index (χ1n) is 10.1. The van der Waals surface area contributed by atoms with Gasteiger partial charge in [-0.15, -0.1) is 0 Å². The fourth-order valence-electron chi connectivity index (χ4n) is 3.52. The van der Waals surface area contributed by atoms with Crippen molar-refractivity contribution in [1.29, 1.82) is 0 Å². The molecule has 28 heavy (non-hydrogen) atoms. The summed E-state index contributed by atoms with van der Waals surface area (Å²) in [6.07, 6.45) is 8.78. The van der Waals surface area contributed by atoms with Crippen LogP contribution in [0.25, 0.3) is 0 Å². The minimum atomic E-state index is 0.530. The van der Waals surface area contributed by atoms with Crippen molar-refractivity contribution >= 4 is 15.9 Å². The summed E-state index contributed by atoms with van der Waals surface area (Å²) in [5.74, 6) is 1.53. The first kappa shape index (κ1) is 20.9. The average molecular weight is 444 g/mol. The summed E-state index contributed by atoms with van der Waals surface area (Å²) in [6.45, 7) is 4.45. The van der Waals surface area contributed by atoms with Gasteiger partial charge in [0.25, 0.3) is 0 Å². The third kappa shape index (κ3) is 5.86. The largest absolute Gasteiger partial charge is 0.493 e. The molecule has 150 valence electrons. The van der Waals surface area contributed by atoms with Gasteiger partial charge < -0.3 is 14.8 Å². The maximum Gasteiger partial charge on any atom is 0.162 e. The standard InChI is InChI=1S/C24H30BrNO2/c1-18-8-6-7-11-20(18)17-28-24-15-22(25)21(14-23(24)27-2)16-26-13-12-19-9-4-3-5-10-19/h6-9,11,14-15,26H,3-5,10,12-13,16-17H2,1-2H3. The first-order chi connectivity index (χ1) is 13.7. The van der Waals surface area contributed by atoms with E-state index in [9.17, 15) is 0 Å². The van der Waals surface area contributed by atoms with Crippen molar-refractivity contribution in [2.75, 3.05) is 13.7 Å². The predicted octanol–water partition coefficient (Wildman–Crippen LogP) is 6.33. The molecular weight excluding hydrogens is 414 g/mol. The normalized spacial score (nSPS) is 13.9. The van der Waals surface area contributed by atoms with E-state index in [2.05, 4.69) is 52.4 Å². The zero-order chi connectivity index (χ0) is 19.8. The lowest BCUT2D eigenvalue weighted by molar-refractivity contribution is 0.283. The van der Waals surface area contributed by atoms with Gasteiger partial charge in [0, 0.05) is 11.0 Å². The molecule has 0 fully saturated rings. The Morgan fingerprint density at radius 2 is 1.93 bits per heavy atom. The van der Waals surface area contributed by atoms with Crippen molar-refractivity contribution in [3.05, 3.63) is 69.2 Å². The van der Waals surface area contributed by atoms with Gasteiger partial charge in [-0.2, -0.15) is 0 Å². The molecule has 4 heteroatoms. The lowest BCUT2D eigenvalue weighted by atomic mass is 9.97. The molecule has 2 aromatic rings. The number of allylic oxidation sites excluding steroid dienone is 1. The molecule has 0 bridgehead atoms. The Balaban J connectivity index is 1.57. The Labute approximate surface area is 177 Å². The van der Waals surface area contributed by atoms with Crippen LogP contribution in [0.2, 0.25) is 0 Å². The van der Waals surface area contributed by atoms with E-state index in [-0.39, 0.29) is 0 Å². The Hall–Kier alpha value is -1.78. The van der Waals surface area contributed by atoms with Crippen LogP contribution in [-0.4, -0.2) is 13.7 Å². The van der Waals surface area contributed by atoms with Crippen LogP contribution in [0, 0.1) is 6.92 Å². The molecule has 1 aliphatic carbocycles. The molecule has 1 aliphatic rings. The van der Waals surface area contributed by atoms with Crippen LogP contribution in [0.15, 0.2) is 52.5 Å². The van der Waals surface area contributed by atoms with E-state index >= 15 is 0 Å². The van der Waals surface area contributed by atoms with Crippen LogP contribution >= 0.6 is 15.9 Å². The highest BCUT2D eigenvalue weighted by Gasteiger charge is 2.11. The third-order valence-electron chi connectivity index (χ3n) is 5.30. The Bertz CT molecular complexity index is 816. The second-order valence-corrected chi connectivity index (χ2v) is 8.20. The Morgan fingerprint density at radius 3 is 2.68 bits per heavy atom. The molecule has 0 heterocycles. The summed E-state index contributed by atoms with van der Waals surface area (Å²) in [6, 6.07) is 12.3. The average Bonchev–Trinajstić information content (AvgIpc) is 2.72. The van der Waals surface area contributed by atoms with Gasteiger partial charge in [-0.25, -0.2) is 0 Å². The fraction of sp³-hybridized carbons (Fsp3) is 0.417. The van der Waals surface area contributed by atoms with Crippen LogP contribution in [0.4, 0.5) is 0 Å². The maximum atomic E-state index is 6.05. The predicted molar refractivity (Wildman–Crippen MR) is 119 cm³/mol. The van der Waals surface area contributed by atoms with Crippen molar-refractivity contribution in [1.82, 2.24) is 5.32 Å². The number of nitrogens with one attached hydrogen (secondary N) is 1. The van der Waals surface area contributed by atoms with Gasteiger partial charge >= 0.3 is 0 Å². The monoisotopic (exact) mass is 443 g/mol. The smallest absolute Gasteiger partial charge is 0.162 e. The molecule has 0 aromatic heterocycles. The number of hydrogen-bond acceptors (Lipinski definition) is 3. The topological polar surface area (TPSA) is 30.5 Å². The molecule has 0 radical (unpaired) electrons. The van der Waals surface area contributed by atoms with Gasteiger partial charge in [0.1, 0.15) is 6.61 Å². The van der Waals surface area contributed by atoms with E-state index in [0.717, 1.165) is 35.5 Å². The lowest BCUT2D eigenvalue weighted by Gasteiger charge is -2.16. The quantitative estimate of drug-likeness (QED) is 0.362. The Morgan fingerprint density at radius 1 is 1.07 bits per heavy atom. The van der Waals surface area contributed by atoms with Gasteiger partial charge in [0.2, 0.25) is 0 Å². The van der Waals surface area contributed by atoms with Crippen molar-refractivity contribution < 1.29 is 9.47 Å². The highest BCUT2D eigenvalue weighted by atomic mass is 79.9. The summed E-state index contributed by atoms with van der Waals surface area (Å²) in [7, 11) is 1.69. The van der Waals surface area contributed by atoms with Crippen molar-refractivity contribution in [2.24, 2.45) is 0 Å². The molecule has 0 saturated carbocycles. The van der Waals surface area contributed by atoms with Gasteiger partial charge in [-0.05, 0) is 74.4 Å².